The molecule has 78 valence electrons. The highest BCUT2D eigenvalue weighted by atomic mass is 14.7. The zero-order valence-electron chi connectivity index (χ0n) is 8.74. The first-order valence-corrected chi connectivity index (χ1v) is 5.22. The standard InChI is InChI=1S/C13H16N2/c1-2-5-11(14)8-10-9-15-13-7-4-3-6-12(10)13/h2-4,6-7,9,11,15H,1,5,8,14H2/t11-/m1/s1. The molecule has 0 fully saturated rings. The Morgan fingerprint density at radius 1 is 1.40 bits per heavy atom. The fourth-order valence-electron chi connectivity index (χ4n) is 1.88. The van der Waals surface area contributed by atoms with Crippen LogP contribution in [0.1, 0.15) is 12.0 Å². The Kier molecular flexibility index (Phi) is 2.88. The van der Waals surface area contributed by atoms with Crippen LogP contribution in [0.3, 0.4) is 0 Å². The number of nitrogens with two attached hydrogens (primary N) is 1. The van der Waals surface area contributed by atoms with Gasteiger partial charge in [0.25, 0.3) is 0 Å². The molecule has 0 aliphatic heterocycles. The second-order valence-electron chi connectivity index (χ2n) is 3.85. The molecule has 0 aliphatic carbocycles. The number of hydrogen-bond acceptors (Lipinski definition) is 1. The maximum Gasteiger partial charge on any atom is 0.0456 e. The molecule has 0 saturated heterocycles. The molecule has 3 N–H and O–H groups in total. The van der Waals surface area contributed by atoms with Gasteiger partial charge in [-0.25, -0.2) is 0 Å². The van der Waals surface area contributed by atoms with Crippen molar-refractivity contribution in [1.29, 1.82) is 0 Å². The van der Waals surface area contributed by atoms with E-state index in [4.69, 9.17) is 5.73 Å². The van der Waals surface area contributed by atoms with Gasteiger partial charge in [0.1, 0.15) is 0 Å². The fourth-order valence-corrected chi connectivity index (χ4v) is 1.88. The molecule has 15 heavy (non-hydrogen) atoms. The first-order valence-electron chi connectivity index (χ1n) is 5.22. The van der Waals surface area contributed by atoms with Crippen molar-refractivity contribution >= 4 is 10.9 Å². The molecular weight excluding hydrogens is 184 g/mol. The second kappa shape index (κ2) is 4.32. The largest absolute Gasteiger partial charge is 0.361 e. The van der Waals surface area contributed by atoms with Gasteiger partial charge in [0.05, 0.1) is 0 Å². The van der Waals surface area contributed by atoms with E-state index in [1.807, 2.05) is 18.3 Å². The summed E-state index contributed by atoms with van der Waals surface area (Å²) in [6.07, 6.45) is 5.68. The number of fused-ring (bicyclic) bond motifs is 1. The molecule has 2 heteroatoms. The molecule has 0 unspecified atom stereocenters. The van der Waals surface area contributed by atoms with Crippen LogP contribution in [0.5, 0.6) is 0 Å². The summed E-state index contributed by atoms with van der Waals surface area (Å²) in [5.41, 5.74) is 8.45. The van der Waals surface area contributed by atoms with Crippen molar-refractivity contribution in [3.63, 3.8) is 0 Å². The first kappa shape index (κ1) is 9.99. The van der Waals surface area contributed by atoms with Gasteiger partial charge in [-0.05, 0) is 24.5 Å². The molecule has 0 bridgehead atoms. The third-order valence-electron chi connectivity index (χ3n) is 2.63. The Balaban J connectivity index is 2.24. The van der Waals surface area contributed by atoms with Crippen molar-refractivity contribution in [2.75, 3.05) is 0 Å². The smallest absolute Gasteiger partial charge is 0.0456 e. The maximum atomic E-state index is 5.98. The molecule has 0 aliphatic rings. The molecule has 1 atom stereocenters. The third-order valence-corrected chi connectivity index (χ3v) is 2.63. The van der Waals surface area contributed by atoms with E-state index in [9.17, 15) is 0 Å². The first-order chi connectivity index (χ1) is 7.31. The average molecular weight is 200 g/mol. The molecule has 1 aromatic heterocycles. The van der Waals surface area contributed by atoms with E-state index in [1.165, 1.54) is 16.5 Å². The summed E-state index contributed by atoms with van der Waals surface area (Å²) in [5.74, 6) is 0. The molecule has 2 nitrogen and oxygen atoms in total. The zero-order valence-corrected chi connectivity index (χ0v) is 8.74. The number of hydrogen-bond donors (Lipinski definition) is 2. The number of H-pyrrole nitrogens is 1. The summed E-state index contributed by atoms with van der Waals surface area (Å²) in [5, 5.41) is 1.28. The summed E-state index contributed by atoms with van der Waals surface area (Å²) in [7, 11) is 0. The molecule has 2 aromatic rings. The van der Waals surface area contributed by atoms with E-state index in [2.05, 4.69) is 29.8 Å². The Hall–Kier alpha value is -1.54. The molecule has 2 rings (SSSR count). The van der Waals surface area contributed by atoms with Crippen LogP contribution in [-0.4, -0.2) is 11.0 Å². The lowest BCUT2D eigenvalue weighted by Crippen LogP contribution is -2.21. The monoisotopic (exact) mass is 200 g/mol. The van der Waals surface area contributed by atoms with Gasteiger partial charge in [0.2, 0.25) is 0 Å². The number of benzene rings is 1. The summed E-state index contributed by atoms with van der Waals surface area (Å²) in [6.45, 7) is 3.70. The van der Waals surface area contributed by atoms with E-state index in [0.717, 1.165) is 12.8 Å². The van der Waals surface area contributed by atoms with Crippen LogP contribution >= 0.6 is 0 Å². The highest BCUT2D eigenvalue weighted by Crippen LogP contribution is 2.19. The lowest BCUT2D eigenvalue weighted by molar-refractivity contribution is 0.682. The molecule has 0 saturated carbocycles. The maximum absolute atomic E-state index is 5.98. The molecule has 1 heterocycles. The van der Waals surface area contributed by atoms with Gasteiger partial charge in [0.15, 0.2) is 0 Å². The Morgan fingerprint density at radius 2 is 2.20 bits per heavy atom. The molecule has 0 amide bonds. The predicted molar refractivity (Wildman–Crippen MR) is 64.8 cm³/mol. The van der Waals surface area contributed by atoms with Crippen LogP contribution < -0.4 is 5.73 Å². The summed E-state index contributed by atoms with van der Waals surface area (Å²) in [4.78, 5) is 3.25. The van der Waals surface area contributed by atoms with Gasteiger partial charge >= 0.3 is 0 Å². The lowest BCUT2D eigenvalue weighted by atomic mass is 10.0. The van der Waals surface area contributed by atoms with Crippen LogP contribution in [0.25, 0.3) is 10.9 Å². The van der Waals surface area contributed by atoms with Crippen molar-refractivity contribution in [3.8, 4) is 0 Å². The SMILES string of the molecule is C=CC[C@@H](N)Cc1c[nH]c2ccccc12. The zero-order chi connectivity index (χ0) is 10.7. The molecule has 0 spiro atoms. The summed E-state index contributed by atoms with van der Waals surface area (Å²) >= 11 is 0. The summed E-state index contributed by atoms with van der Waals surface area (Å²) < 4.78 is 0. The minimum absolute atomic E-state index is 0.168. The highest BCUT2D eigenvalue weighted by Gasteiger charge is 2.06. The van der Waals surface area contributed by atoms with Gasteiger partial charge in [0, 0.05) is 23.1 Å². The number of aromatic amines is 1. The Morgan fingerprint density at radius 3 is 3.00 bits per heavy atom. The summed E-state index contributed by atoms with van der Waals surface area (Å²) in [6, 6.07) is 8.46. The van der Waals surface area contributed by atoms with Gasteiger partial charge in [-0.2, -0.15) is 0 Å². The van der Waals surface area contributed by atoms with Crippen molar-refractivity contribution in [2.45, 2.75) is 18.9 Å². The van der Waals surface area contributed by atoms with Crippen molar-refractivity contribution < 1.29 is 0 Å². The Bertz CT molecular complexity index is 456. The number of aromatic nitrogens is 1. The van der Waals surface area contributed by atoms with E-state index < -0.39 is 0 Å². The normalized spacial score (nSPS) is 12.9. The van der Waals surface area contributed by atoms with E-state index in [-0.39, 0.29) is 6.04 Å². The van der Waals surface area contributed by atoms with E-state index in [0.29, 0.717) is 0 Å². The predicted octanol–water partition coefficient (Wildman–Crippen LogP) is 2.61. The van der Waals surface area contributed by atoms with Crippen molar-refractivity contribution in [1.82, 2.24) is 4.98 Å². The van der Waals surface area contributed by atoms with Gasteiger partial charge in [-0.1, -0.05) is 24.3 Å². The molecule has 1 aromatic carbocycles. The second-order valence-corrected chi connectivity index (χ2v) is 3.85. The minimum atomic E-state index is 0.168. The highest BCUT2D eigenvalue weighted by molar-refractivity contribution is 5.83. The van der Waals surface area contributed by atoms with Crippen molar-refractivity contribution in [2.24, 2.45) is 5.73 Å². The van der Waals surface area contributed by atoms with Crippen molar-refractivity contribution in [3.05, 3.63) is 48.7 Å². The van der Waals surface area contributed by atoms with Crippen LogP contribution in [0, 0.1) is 0 Å². The lowest BCUT2D eigenvalue weighted by Gasteiger charge is -2.07. The topological polar surface area (TPSA) is 41.8 Å². The number of nitrogens with one attached hydrogen (secondary N) is 1. The third kappa shape index (κ3) is 2.10. The van der Waals surface area contributed by atoms with Crippen LogP contribution in [0.15, 0.2) is 43.1 Å². The van der Waals surface area contributed by atoms with Gasteiger partial charge < -0.3 is 10.7 Å². The van der Waals surface area contributed by atoms with E-state index >= 15 is 0 Å². The minimum Gasteiger partial charge on any atom is -0.361 e. The quantitative estimate of drug-likeness (QED) is 0.732. The van der Waals surface area contributed by atoms with Crippen LogP contribution in [-0.2, 0) is 6.42 Å². The van der Waals surface area contributed by atoms with Gasteiger partial charge in [-0.3, -0.25) is 0 Å². The Labute approximate surface area is 89.8 Å². The van der Waals surface area contributed by atoms with Crippen LogP contribution in [0.4, 0.5) is 0 Å². The average Bonchev–Trinajstić information content (AvgIpc) is 2.62. The molecule has 0 radical (unpaired) electrons. The number of para-hydroxylation sites is 1. The van der Waals surface area contributed by atoms with Gasteiger partial charge in [-0.15, -0.1) is 6.58 Å². The molecular formula is C13H16N2. The van der Waals surface area contributed by atoms with Crippen LogP contribution in [0.2, 0.25) is 0 Å². The fraction of sp³-hybridized carbons (Fsp3) is 0.231. The van der Waals surface area contributed by atoms with E-state index in [1.54, 1.807) is 0 Å². The number of rotatable bonds is 4.